The summed E-state index contributed by atoms with van der Waals surface area (Å²) in [7, 11) is 0. The van der Waals surface area contributed by atoms with Crippen LogP contribution in [0.25, 0.3) is 0 Å². The molecule has 0 bridgehead atoms. The maximum absolute atomic E-state index is 9.70. The zero-order valence-electron chi connectivity index (χ0n) is 12.2. The van der Waals surface area contributed by atoms with Crippen LogP contribution in [0, 0.1) is 17.8 Å². The maximum Gasteiger partial charge on any atom is 0.313 e. The van der Waals surface area contributed by atoms with E-state index in [4.69, 9.17) is 15.3 Å². The average molecular weight is 358 g/mol. The molecule has 126 valence electrons. The monoisotopic (exact) mass is 358 g/mol. The van der Waals surface area contributed by atoms with E-state index in [1.807, 2.05) is 0 Å². The third kappa shape index (κ3) is 20.3. The van der Waals surface area contributed by atoms with E-state index in [2.05, 4.69) is 0 Å². The zero-order valence-corrected chi connectivity index (χ0v) is 13.4. The molecule has 0 saturated carbocycles. The van der Waals surface area contributed by atoms with Gasteiger partial charge in [-0.15, -0.1) is 0 Å². The van der Waals surface area contributed by atoms with Gasteiger partial charge in [0.25, 0.3) is 0 Å². The van der Waals surface area contributed by atoms with Crippen molar-refractivity contribution in [1.29, 1.82) is 0 Å². The van der Waals surface area contributed by atoms with Crippen LogP contribution < -0.4 is 0 Å². The first-order chi connectivity index (χ1) is 9.54. The van der Waals surface area contributed by atoms with E-state index in [0.717, 1.165) is 0 Å². The molecule has 0 aromatic heterocycles. The minimum atomic E-state index is -1.07. The van der Waals surface area contributed by atoms with Gasteiger partial charge in [-0.2, -0.15) is 0 Å². The van der Waals surface area contributed by atoms with Gasteiger partial charge in [-0.05, 0) is 20.8 Å². The van der Waals surface area contributed by atoms with Gasteiger partial charge < -0.3 is 29.7 Å². The Balaban J connectivity index is -0.000000108. The Labute approximate surface area is 137 Å². The van der Waals surface area contributed by atoms with Gasteiger partial charge in [0.1, 0.15) is 36.6 Å². The SMILES string of the molecule is CC(C=O)C(=O)O.CC(C=O)C(=O)O.CC(C=O)C(=O)O.[Cr]. The van der Waals surface area contributed by atoms with Crippen molar-refractivity contribution in [3.8, 4) is 0 Å². The average Bonchev–Trinajstić information content (AvgIpc) is 2.45. The number of hydrogen-bond acceptors (Lipinski definition) is 6. The van der Waals surface area contributed by atoms with E-state index in [1.54, 1.807) is 0 Å². The first kappa shape index (κ1) is 28.2. The molecule has 10 heteroatoms. The number of hydrogen-bond donors (Lipinski definition) is 3. The fourth-order valence-corrected chi connectivity index (χ4v) is 0.175. The number of carboxylic acid groups (broad SMARTS) is 3. The van der Waals surface area contributed by atoms with Crippen molar-refractivity contribution in [3.05, 3.63) is 0 Å². The molecule has 3 atom stereocenters. The number of aldehydes is 3. The van der Waals surface area contributed by atoms with Gasteiger partial charge in [-0.1, -0.05) is 0 Å². The Hall–Kier alpha value is -2.05. The van der Waals surface area contributed by atoms with Crippen LogP contribution in [0.1, 0.15) is 20.8 Å². The molecule has 0 aliphatic rings. The van der Waals surface area contributed by atoms with Crippen LogP contribution >= 0.6 is 0 Å². The van der Waals surface area contributed by atoms with Gasteiger partial charge in [0.2, 0.25) is 0 Å². The quantitative estimate of drug-likeness (QED) is 0.428. The second kappa shape index (κ2) is 17.0. The van der Waals surface area contributed by atoms with Crippen LogP contribution in [-0.4, -0.2) is 52.1 Å². The molecule has 3 unspecified atom stereocenters. The second-order valence-corrected chi connectivity index (χ2v) is 3.79. The summed E-state index contributed by atoms with van der Waals surface area (Å²) in [6.07, 6.45) is 1.17. The molecule has 0 spiro atoms. The van der Waals surface area contributed by atoms with Gasteiger partial charge in [0, 0.05) is 17.4 Å². The van der Waals surface area contributed by atoms with E-state index in [-0.39, 0.29) is 17.4 Å². The van der Waals surface area contributed by atoms with Crippen LogP contribution in [0.4, 0.5) is 0 Å². The Morgan fingerprint density at radius 1 is 0.636 bits per heavy atom. The number of carbonyl (C=O) groups is 6. The Morgan fingerprint density at radius 3 is 0.773 bits per heavy atom. The van der Waals surface area contributed by atoms with Gasteiger partial charge in [0.15, 0.2) is 0 Å². The van der Waals surface area contributed by atoms with Crippen LogP contribution in [0.3, 0.4) is 0 Å². The molecular formula is C12H18CrO9. The van der Waals surface area contributed by atoms with Crippen molar-refractivity contribution in [1.82, 2.24) is 0 Å². The van der Waals surface area contributed by atoms with Crippen molar-refractivity contribution in [2.45, 2.75) is 20.8 Å². The predicted molar refractivity (Wildman–Crippen MR) is 68.6 cm³/mol. The van der Waals surface area contributed by atoms with Gasteiger partial charge in [-0.3, -0.25) is 14.4 Å². The summed E-state index contributed by atoms with van der Waals surface area (Å²) in [4.78, 5) is 57.8. The molecule has 0 fully saturated rings. The third-order valence-corrected chi connectivity index (χ3v) is 1.78. The molecule has 0 heterocycles. The predicted octanol–water partition coefficient (Wildman–Crippen LogP) is -0.284. The van der Waals surface area contributed by atoms with Gasteiger partial charge >= 0.3 is 17.9 Å². The number of aliphatic carboxylic acids is 3. The summed E-state index contributed by atoms with van der Waals surface area (Å²) in [5, 5.41) is 23.9. The smallest absolute Gasteiger partial charge is 0.313 e. The topological polar surface area (TPSA) is 163 Å². The standard InChI is InChI=1S/3C4H6O3.Cr/c3*1-3(2-5)4(6)7;/h3*2-3H,1H3,(H,6,7);. The summed E-state index contributed by atoms with van der Waals surface area (Å²) < 4.78 is 0. The molecule has 0 radical (unpaired) electrons. The van der Waals surface area contributed by atoms with Crippen molar-refractivity contribution in [2.24, 2.45) is 17.8 Å². The van der Waals surface area contributed by atoms with E-state index in [1.165, 1.54) is 20.8 Å². The molecule has 0 saturated heterocycles. The molecule has 0 aliphatic heterocycles. The molecule has 0 aromatic rings. The maximum atomic E-state index is 9.70. The van der Waals surface area contributed by atoms with Crippen LogP contribution in [-0.2, 0) is 46.1 Å². The summed E-state index contributed by atoms with van der Waals surface area (Å²) in [6.45, 7) is 3.99. The van der Waals surface area contributed by atoms with E-state index in [9.17, 15) is 28.8 Å². The number of carboxylic acids is 3. The fourth-order valence-electron chi connectivity index (χ4n) is 0.175. The number of carbonyl (C=O) groups excluding carboxylic acids is 3. The largest absolute Gasteiger partial charge is 0.481 e. The van der Waals surface area contributed by atoms with Crippen LogP contribution in [0.15, 0.2) is 0 Å². The molecule has 22 heavy (non-hydrogen) atoms. The van der Waals surface area contributed by atoms with Crippen LogP contribution in [0.2, 0.25) is 0 Å². The van der Waals surface area contributed by atoms with E-state index < -0.39 is 35.7 Å². The molecule has 0 amide bonds. The van der Waals surface area contributed by atoms with Gasteiger partial charge in [-0.25, -0.2) is 0 Å². The van der Waals surface area contributed by atoms with Crippen LogP contribution in [0.5, 0.6) is 0 Å². The summed E-state index contributed by atoms with van der Waals surface area (Å²) in [5.74, 6) is -5.81. The van der Waals surface area contributed by atoms with Crippen molar-refractivity contribution >= 4 is 36.8 Å². The molecule has 9 nitrogen and oxygen atoms in total. The molecule has 0 aliphatic carbocycles. The summed E-state index contributed by atoms with van der Waals surface area (Å²) in [5.41, 5.74) is 0. The normalized spacial score (nSPS) is 12.1. The Morgan fingerprint density at radius 2 is 0.773 bits per heavy atom. The van der Waals surface area contributed by atoms with E-state index in [0.29, 0.717) is 18.9 Å². The van der Waals surface area contributed by atoms with Crippen molar-refractivity contribution < 1.29 is 61.4 Å². The van der Waals surface area contributed by atoms with Crippen molar-refractivity contribution in [3.63, 3.8) is 0 Å². The number of rotatable bonds is 6. The minimum absolute atomic E-state index is 0. The first-order valence-electron chi connectivity index (χ1n) is 5.59. The minimum Gasteiger partial charge on any atom is -0.481 e. The molecule has 0 aromatic carbocycles. The first-order valence-corrected chi connectivity index (χ1v) is 5.59. The molecular weight excluding hydrogens is 340 g/mol. The third-order valence-electron chi connectivity index (χ3n) is 1.78. The zero-order chi connectivity index (χ0) is 17.6. The summed E-state index contributed by atoms with van der Waals surface area (Å²) >= 11 is 0. The van der Waals surface area contributed by atoms with Crippen molar-refractivity contribution in [2.75, 3.05) is 0 Å². The van der Waals surface area contributed by atoms with E-state index >= 15 is 0 Å². The summed E-state index contributed by atoms with van der Waals surface area (Å²) in [6, 6.07) is 0. The molecule has 0 rings (SSSR count). The fraction of sp³-hybridized carbons (Fsp3) is 0.500. The Kier molecular flexibility index (Phi) is 21.8. The Bertz CT molecular complexity index is 324. The molecule has 3 N–H and O–H groups in total. The second-order valence-electron chi connectivity index (χ2n) is 3.79. The van der Waals surface area contributed by atoms with Gasteiger partial charge in [0.05, 0.1) is 0 Å².